The van der Waals surface area contributed by atoms with Crippen LogP contribution in [-0.2, 0) is 6.42 Å². The number of hydrogen-bond donors (Lipinski definition) is 1. The monoisotopic (exact) mass is 183 g/mol. The summed E-state index contributed by atoms with van der Waals surface area (Å²) in [4.78, 5) is 0. The molecule has 0 bridgehead atoms. The summed E-state index contributed by atoms with van der Waals surface area (Å²) in [5.41, 5.74) is 8.10. The van der Waals surface area contributed by atoms with Crippen LogP contribution in [0.3, 0.4) is 0 Å². The van der Waals surface area contributed by atoms with Gasteiger partial charge in [0, 0.05) is 11.1 Å². The van der Waals surface area contributed by atoms with Gasteiger partial charge in [-0.15, -0.1) is 0 Å². The molecule has 1 atom stereocenters. The average Bonchev–Trinajstić information content (AvgIpc) is 1.97. The van der Waals surface area contributed by atoms with Crippen molar-refractivity contribution in [2.24, 2.45) is 5.73 Å². The van der Waals surface area contributed by atoms with E-state index in [1.54, 1.807) is 0 Å². The van der Waals surface area contributed by atoms with Crippen molar-refractivity contribution in [1.29, 1.82) is 0 Å². The highest BCUT2D eigenvalue weighted by atomic mass is 35.5. The van der Waals surface area contributed by atoms with Gasteiger partial charge in [0.2, 0.25) is 0 Å². The molecule has 66 valence electrons. The van der Waals surface area contributed by atoms with Crippen LogP contribution in [0.2, 0.25) is 5.02 Å². The summed E-state index contributed by atoms with van der Waals surface area (Å²) >= 11 is 6.02. The molecule has 2 heteroatoms. The third kappa shape index (κ3) is 2.23. The van der Waals surface area contributed by atoms with Crippen molar-refractivity contribution in [1.82, 2.24) is 0 Å². The Morgan fingerprint density at radius 1 is 1.50 bits per heavy atom. The highest BCUT2D eigenvalue weighted by molar-refractivity contribution is 6.31. The van der Waals surface area contributed by atoms with Gasteiger partial charge in [0.15, 0.2) is 0 Å². The Morgan fingerprint density at radius 2 is 2.17 bits per heavy atom. The van der Waals surface area contributed by atoms with Gasteiger partial charge in [0.1, 0.15) is 0 Å². The van der Waals surface area contributed by atoms with Crippen LogP contribution in [0.1, 0.15) is 18.1 Å². The zero-order chi connectivity index (χ0) is 9.14. The first-order valence-electron chi connectivity index (χ1n) is 4.11. The third-order valence-corrected chi connectivity index (χ3v) is 2.23. The van der Waals surface area contributed by atoms with Crippen molar-refractivity contribution in [2.75, 3.05) is 0 Å². The van der Waals surface area contributed by atoms with E-state index in [2.05, 4.69) is 13.0 Å². The van der Waals surface area contributed by atoms with Crippen LogP contribution in [0.15, 0.2) is 18.2 Å². The van der Waals surface area contributed by atoms with Crippen LogP contribution in [0.4, 0.5) is 0 Å². The second kappa shape index (κ2) is 3.92. The van der Waals surface area contributed by atoms with E-state index < -0.39 is 0 Å². The van der Waals surface area contributed by atoms with Crippen molar-refractivity contribution < 1.29 is 0 Å². The molecule has 0 radical (unpaired) electrons. The van der Waals surface area contributed by atoms with Crippen LogP contribution in [0.5, 0.6) is 0 Å². The quantitative estimate of drug-likeness (QED) is 0.750. The molecular formula is C10H14ClN. The summed E-state index contributed by atoms with van der Waals surface area (Å²) < 4.78 is 0. The zero-order valence-electron chi connectivity index (χ0n) is 7.47. The van der Waals surface area contributed by atoms with E-state index in [4.69, 9.17) is 17.3 Å². The maximum atomic E-state index is 6.02. The number of aryl methyl sites for hydroxylation is 1. The standard InChI is InChI=1S/C10H14ClN/c1-7-4-3-5-10(11)9(7)6-8(2)12/h3-5,8H,6,12H2,1-2H3/t8-/m1/s1. The molecule has 2 N–H and O–H groups in total. The highest BCUT2D eigenvalue weighted by Crippen LogP contribution is 2.20. The molecule has 1 aromatic carbocycles. The van der Waals surface area contributed by atoms with Gasteiger partial charge in [-0.3, -0.25) is 0 Å². The fourth-order valence-electron chi connectivity index (χ4n) is 1.25. The topological polar surface area (TPSA) is 26.0 Å². The summed E-state index contributed by atoms with van der Waals surface area (Å²) in [6, 6.07) is 6.10. The lowest BCUT2D eigenvalue weighted by molar-refractivity contribution is 0.735. The molecule has 0 saturated heterocycles. The normalized spacial score (nSPS) is 13.0. The van der Waals surface area contributed by atoms with E-state index in [0.29, 0.717) is 0 Å². The molecule has 1 aromatic rings. The van der Waals surface area contributed by atoms with Gasteiger partial charge in [-0.2, -0.15) is 0 Å². The average molecular weight is 184 g/mol. The Bertz CT molecular complexity index is 248. The van der Waals surface area contributed by atoms with Crippen LogP contribution in [0.25, 0.3) is 0 Å². The van der Waals surface area contributed by atoms with Crippen molar-refractivity contribution >= 4 is 11.6 Å². The molecule has 0 aliphatic rings. The van der Waals surface area contributed by atoms with Gasteiger partial charge in [-0.25, -0.2) is 0 Å². The number of halogens is 1. The van der Waals surface area contributed by atoms with E-state index in [1.165, 1.54) is 11.1 Å². The predicted octanol–water partition coefficient (Wildman–Crippen LogP) is 2.54. The largest absolute Gasteiger partial charge is 0.328 e. The molecule has 1 nitrogen and oxygen atoms in total. The van der Waals surface area contributed by atoms with Gasteiger partial charge in [-0.05, 0) is 37.5 Å². The smallest absolute Gasteiger partial charge is 0.0441 e. The van der Waals surface area contributed by atoms with Gasteiger partial charge >= 0.3 is 0 Å². The third-order valence-electron chi connectivity index (χ3n) is 1.88. The van der Waals surface area contributed by atoms with E-state index >= 15 is 0 Å². The van der Waals surface area contributed by atoms with Crippen molar-refractivity contribution in [3.8, 4) is 0 Å². The zero-order valence-corrected chi connectivity index (χ0v) is 8.23. The second-order valence-corrected chi connectivity index (χ2v) is 3.62. The molecule has 12 heavy (non-hydrogen) atoms. The van der Waals surface area contributed by atoms with Crippen molar-refractivity contribution in [2.45, 2.75) is 26.3 Å². The second-order valence-electron chi connectivity index (χ2n) is 3.22. The SMILES string of the molecule is Cc1cccc(Cl)c1C[C@@H](C)N. The minimum atomic E-state index is 0.170. The Balaban J connectivity index is 2.96. The molecular weight excluding hydrogens is 170 g/mol. The number of hydrogen-bond acceptors (Lipinski definition) is 1. The summed E-state index contributed by atoms with van der Waals surface area (Å²) in [7, 11) is 0. The lowest BCUT2D eigenvalue weighted by Crippen LogP contribution is -2.18. The lowest BCUT2D eigenvalue weighted by atomic mass is 10.0. The van der Waals surface area contributed by atoms with Gasteiger partial charge in [0.05, 0.1) is 0 Å². The molecule has 0 spiro atoms. The van der Waals surface area contributed by atoms with Crippen LogP contribution >= 0.6 is 11.6 Å². The Morgan fingerprint density at radius 3 is 2.67 bits per heavy atom. The number of rotatable bonds is 2. The summed E-state index contributed by atoms with van der Waals surface area (Å²) in [5, 5.41) is 0.826. The first-order valence-corrected chi connectivity index (χ1v) is 4.48. The summed E-state index contributed by atoms with van der Waals surface area (Å²) in [6.07, 6.45) is 0.853. The molecule has 0 aliphatic carbocycles. The number of nitrogens with two attached hydrogens (primary N) is 1. The van der Waals surface area contributed by atoms with E-state index in [1.807, 2.05) is 19.1 Å². The maximum absolute atomic E-state index is 6.02. The number of benzene rings is 1. The predicted molar refractivity (Wildman–Crippen MR) is 53.5 cm³/mol. The lowest BCUT2D eigenvalue weighted by Gasteiger charge is -2.10. The summed E-state index contributed by atoms with van der Waals surface area (Å²) in [6.45, 7) is 4.05. The fourth-order valence-corrected chi connectivity index (χ4v) is 1.55. The van der Waals surface area contributed by atoms with Crippen LogP contribution in [-0.4, -0.2) is 6.04 Å². The van der Waals surface area contributed by atoms with Crippen molar-refractivity contribution in [3.05, 3.63) is 34.3 Å². The van der Waals surface area contributed by atoms with Crippen molar-refractivity contribution in [3.63, 3.8) is 0 Å². The molecule has 0 aliphatic heterocycles. The first-order chi connectivity index (χ1) is 5.61. The van der Waals surface area contributed by atoms with E-state index in [0.717, 1.165) is 11.4 Å². The molecule has 0 unspecified atom stereocenters. The Kier molecular flexibility index (Phi) is 3.12. The molecule has 1 rings (SSSR count). The van der Waals surface area contributed by atoms with Gasteiger partial charge in [0.25, 0.3) is 0 Å². The molecule has 0 amide bonds. The van der Waals surface area contributed by atoms with Crippen LogP contribution in [0, 0.1) is 6.92 Å². The summed E-state index contributed by atoms with van der Waals surface area (Å²) in [5.74, 6) is 0. The molecule has 0 heterocycles. The van der Waals surface area contributed by atoms with E-state index in [9.17, 15) is 0 Å². The fraction of sp³-hybridized carbons (Fsp3) is 0.400. The highest BCUT2D eigenvalue weighted by Gasteiger charge is 2.05. The van der Waals surface area contributed by atoms with Gasteiger partial charge in [-0.1, -0.05) is 23.7 Å². The minimum Gasteiger partial charge on any atom is -0.328 e. The Labute approximate surface area is 78.5 Å². The van der Waals surface area contributed by atoms with Crippen LogP contribution < -0.4 is 5.73 Å². The molecule has 0 aromatic heterocycles. The molecule has 0 fully saturated rings. The minimum absolute atomic E-state index is 0.170. The Hall–Kier alpha value is -0.530. The first kappa shape index (κ1) is 9.56. The van der Waals surface area contributed by atoms with E-state index in [-0.39, 0.29) is 6.04 Å². The molecule has 0 saturated carbocycles. The van der Waals surface area contributed by atoms with Gasteiger partial charge < -0.3 is 5.73 Å². The maximum Gasteiger partial charge on any atom is 0.0441 e.